The molecule has 0 amide bonds. The molecule has 0 aromatic heterocycles. The third kappa shape index (κ3) is 11.1. The second-order valence-electron chi connectivity index (χ2n) is 15.1. The van der Waals surface area contributed by atoms with E-state index in [0.29, 0.717) is 60.0 Å². The molecule has 9 nitrogen and oxygen atoms in total. The van der Waals surface area contributed by atoms with Crippen LogP contribution in [-0.2, 0) is 38.0 Å². The van der Waals surface area contributed by atoms with Crippen LogP contribution >= 0.6 is 23.2 Å². The highest BCUT2D eigenvalue weighted by molar-refractivity contribution is 6.42. The lowest BCUT2D eigenvalue weighted by Crippen LogP contribution is -2.31. The van der Waals surface area contributed by atoms with Gasteiger partial charge in [-0.3, -0.25) is 4.79 Å². The first-order valence-corrected chi connectivity index (χ1v) is 20.8. The fraction of sp³-hybridized carbons (Fsp3) is 0.306. The van der Waals surface area contributed by atoms with Gasteiger partial charge in [0.25, 0.3) is 0 Å². The van der Waals surface area contributed by atoms with Crippen molar-refractivity contribution in [3.8, 4) is 11.8 Å². The summed E-state index contributed by atoms with van der Waals surface area (Å²) in [6.45, 7) is 9.47. The standard InChI is InChI=1S/C49H51Cl2N3O6/c1-5-59-38-21-16-35(17-22-38)32-49(4)39-12-7-8-13-44(39)54(27-24-46(56)57)45(49)23-18-36(33-52)11-9-25-48(3,31-34-14-19-37(20-15-34)47(58)60-6-2)40-29-41(50)42(51)30-43(40)53-26-10-28-55/h7-9,11-23,28-30,53H,5-6,10,24-27,31-32H2,1-4H3,(H,56,57)/b11-9+,36-18-,45-23+. The summed E-state index contributed by atoms with van der Waals surface area (Å²) in [5.74, 6) is -0.502. The minimum Gasteiger partial charge on any atom is -0.494 e. The van der Waals surface area contributed by atoms with Crippen LogP contribution in [-0.4, -0.2) is 49.6 Å². The highest BCUT2D eigenvalue weighted by atomic mass is 35.5. The molecule has 60 heavy (non-hydrogen) atoms. The van der Waals surface area contributed by atoms with E-state index < -0.39 is 22.8 Å². The van der Waals surface area contributed by atoms with Gasteiger partial charge in [-0.05, 0) is 123 Å². The minimum absolute atomic E-state index is 0.0651. The molecule has 1 heterocycles. The number of carbonyl (C=O) groups excluding carboxylic acids is 2. The molecule has 1 aliphatic rings. The normalized spacial score (nSPS) is 16.6. The number of rotatable bonds is 20. The summed E-state index contributed by atoms with van der Waals surface area (Å²) < 4.78 is 10.9. The number of fused-ring (bicyclic) bond motifs is 1. The van der Waals surface area contributed by atoms with Crippen molar-refractivity contribution in [1.29, 1.82) is 5.26 Å². The highest BCUT2D eigenvalue weighted by Gasteiger charge is 2.43. The molecular formula is C49H51Cl2N3O6. The number of anilines is 2. The van der Waals surface area contributed by atoms with Crippen LogP contribution in [0.4, 0.5) is 11.4 Å². The maximum atomic E-state index is 12.4. The van der Waals surface area contributed by atoms with E-state index in [1.807, 2.05) is 67.6 Å². The number of nitriles is 1. The summed E-state index contributed by atoms with van der Waals surface area (Å²) in [5, 5.41) is 24.3. The van der Waals surface area contributed by atoms with E-state index in [4.69, 9.17) is 32.7 Å². The molecule has 4 aromatic carbocycles. The second kappa shape index (κ2) is 20.9. The number of nitrogens with one attached hydrogen (secondary N) is 1. The fourth-order valence-electron chi connectivity index (χ4n) is 7.83. The van der Waals surface area contributed by atoms with Crippen molar-refractivity contribution in [3.63, 3.8) is 0 Å². The van der Waals surface area contributed by atoms with Gasteiger partial charge in [0.1, 0.15) is 12.0 Å². The molecular weight excluding hydrogens is 797 g/mol. The zero-order valence-corrected chi connectivity index (χ0v) is 36.0. The van der Waals surface area contributed by atoms with Gasteiger partial charge < -0.3 is 29.6 Å². The molecule has 1 aliphatic heterocycles. The lowest BCUT2D eigenvalue weighted by atomic mass is 9.73. The predicted octanol–water partition coefficient (Wildman–Crippen LogP) is 10.8. The molecule has 2 N–H and O–H groups in total. The van der Waals surface area contributed by atoms with E-state index in [1.165, 1.54) is 0 Å². The number of ether oxygens (including phenoxy) is 2. The predicted molar refractivity (Wildman–Crippen MR) is 239 cm³/mol. The number of allylic oxidation sites excluding steroid dienone is 6. The van der Waals surface area contributed by atoms with Crippen LogP contribution in [0.3, 0.4) is 0 Å². The topological polar surface area (TPSA) is 129 Å². The van der Waals surface area contributed by atoms with Crippen molar-refractivity contribution in [1.82, 2.24) is 0 Å². The lowest BCUT2D eigenvalue weighted by Gasteiger charge is -2.32. The molecule has 312 valence electrons. The molecule has 0 bridgehead atoms. The maximum Gasteiger partial charge on any atom is 0.338 e. The summed E-state index contributed by atoms with van der Waals surface area (Å²) in [6, 6.07) is 29.3. The van der Waals surface area contributed by atoms with Crippen LogP contribution in [0.5, 0.6) is 5.75 Å². The van der Waals surface area contributed by atoms with Gasteiger partial charge in [-0.2, -0.15) is 5.26 Å². The van der Waals surface area contributed by atoms with Gasteiger partial charge in [0.05, 0.1) is 46.9 Å². The molecule has 11 heteroatoms. The molecule has 0 saturated heterocycles. The monoisotopic (exact) mass is 847 g/mol. The Morgan fingerprint density at radius 1 is 0.983 bits per heavy atom. The molecule has 0 radical (unpaired) electrons. The Morgan fingerprint density at radius 3 is 2.35 bits per heavy atom. The molecule has 2 atom stereocenters. The van der Waals surface area contributed by atoms with E-state index in [-0.39, 0.29) is 19.6 Å². The summed E-state index contributed by atoms with van der Waals surface area (Å²) in [5.41, 5.74) is 6.23. The lowest BCUT2D eigenvalue weighted by molar-refractivity contribution is -0.136. The number of esters is 1. The van der Waals surface area contributed by atoms with E-state index in [1.54, 1.807) is 37.3 Å². The Hall–Kier alpha value is -5.82. The van der Waals surface area contributed by atoms with Crippen LogP contribution in [0, 0.1) is 11.3 Å². The van der Waals surface area contributed by atoms with Gasteiger partial charge in [-0.1, -0.05) is 78.7 Å². The van der Waals surface area contributed by atoms with Crippen molar-refractivity contribution in [3.05, 3.63) is 158 Å². The number of carboxylic acid groups (broad SMARTS) is 1. The Balaban J connectivity index is 1.53. The molecule has 0 saturated carbocycles. The Labute approximate surface area is 362 Å². The number of halogens is 2. The summed E-state index contributed by atoms with van der Waals surface area (Å²) in [4.78, 5) is 37.5. The number of aliphatic carboxylic acids is 1. The SMILES string of the molecule is CCOC(=O)c1ccc(CC(C)(C/C=C/C(C#N)=C/C=C2/N(CCC(=O)O)c3ccccc3C2(C)Cc2ccc(OCC)cc2)c2cc(Cl)c(Cl)cc2NCCC=O)cc1. The second-order valence-corrected chi connectivity index (χ2v) is 16.0. The zero-order chi connectivity index (χ0) is 43.3. The average Bonchev–Trinajstić information content (AvgIpc) is 3.46. The number of benzene rings is 4. The van der Waals surface area contributed by atoms with Crippen LogP contribution in [0.2, 0.25) is 10.0 Å². The smallest absolute Gasteiger partial charge is 0.338 e. The molecule has 0 fully saturated rings. The fourth-order valence-corrected chi connectivity index (χ4v) is 8.16. The Bertz CT molecular complexity index is 2300. The van der Waals surface area contributed by atoms with E-state index in [0.717, 1.165) is 51.4 Å². The summed E-state index contributed by atoms with van der Waals surface area (Å²) in [7, 11) is 0. The number of nitrogens with zero attached hydrogens (tertiary/aromatic N) is 2. The third-order valence-corrected chi connectivity index (χ3v) is 11.5. The number of aldehydes is 1. The number of carbonyl (C=O) groups is 3. The van der Waals surface area contributed by atoms with Crippen molar-refractivity contribution < 1.29 is 29.0 Å². The third-order valence-electron chi connectivity index (χ3n) is 10.8. The van der Waals surface area contributed by atoms with Gasteiger partial charge in [0.2, 0.25) is 0 Å². The molecule has 0 aliphatic carbocycles. The van der Waals surface area contributed by atoms with Crippen molar-refractivity contribution >= 4 is 52.8 Å². The van der Waals surface area contributed by atoms with Gasteiger partial charge in [0, 0.05) is 47.4 Å². The molecule has 5 rings (SSSR count). The van der Waals surface area contributed by atoms with Crippen LogP contribution < -0.4 is 15.0 Å². The number of hydrogen-bond donors (Lipinski definition) is 2. The molecule has 2 unspecified atom stereocenters. The van der Waals surface area contributed by atoms with E-state index >= 15 is 0 Å². The first-order chi connectivity index (χ1) is 28.8. The van der Waals surface area contributed by atoms with Crippen molar-refractivity contribution in [2.45, 2.75) is 70.6 Å². The highest BCUT2D eigenvalue weighted by Crippen LogP contribution is 2.50. The van der Waals surface area contributed by atoms with Crippen LogP contribution in [0.25, 0.3) is 0 Å². The van der Waals surface area contributed by atoms with Crippen molar-refractivity contribution in [2.75, 3.05) is 36.5 Å². The van der Waals surface area contributed by atoms with Gasteiger partial charge in [-0.15, -0.1) is 0 Å². The number of hydrogen-bond acceptors (Lipinski definition) is 8. The van der Waals surface area contributed by atoms with Gasteiger partial charge in [-0.25, -0.2) is 4.79 Å². The van der Waals surface area contributed by atoms with Crippen molar-refractivity contribution in [2.24, 2.45) is 0 Å². The Morgan fingerprint density at radius 2 is 1.68 bits per heavy atom. The average molecular weight is 849 g/mol. The number of carboxylic acids is 1. The van der Waals surface area contributed by atoms with Crippen LogP contribution in [0.15, 0.2) is 121 Å². The minimum atomic E-state index is -0.898. The summed E-state index contributed by atoms with van der Waals surface area (Å²) in [6.07, 6.45) is 10.2. The zero-order valence-electron chi connectivity index (χ0n) is 34.5. The first-order valence-electron chi connectivity index (χ1n) is 20.1. The maximum absolute atomic E-state index is 12.4. The molecule has 0 spiro atoms. The molecule has 4 aromatic rings. The Kier molecular flexibility index (Phi) is 15.8. The summed E-state index contributed by atoms with van der Waals surface area (Å²) >= 11 is 13.2. The van der Waals surface area contributed by atoms with Gasteiger partial charge in [0.15, 0.2) is 0 Å². The first kappa shape index (κ1) is 45.3. The number of para-hydroxylation sites is 1. The quantitative estimate of drug-likeness (QED) is 0.0294. The van der Waals surface area contributed by atoms with Gasteiger partial charge >= 0.3 is 11.9 Å². The largest absolute Gasteiger partial charge is 0.494 e. The van der Waals surface area contributed by atoms with E-state index in [9.17, 15) is 24.8 Å². The van der Waals surface area contributed by atoms with E-state index in [2.05, 4.69) is 48.3 Å². The van der Waals surface area contributed by atoms with Crippen LogP contribution in [0.1, 0.15) is 79.6 Å².